The first-order valence-electron chi connectivity index (χ1n) is 18.6. The van der Waals surface area contributed by atoms with Crippen molar-refractivity contribution >= 4 is 17.9 Å². The highest BCUT2D eigenvalue weighted by atomic mass is 16.7. The molecule has 11 nitrogen and oxygen atoms in total. The summed E-state index contributed by atoms with van der Waals surface area (Å²) in [4.78, 5) is 42.1. The van der Waals surface area contributed by atoms with Gasteiger partial charge in [-0.15, -0.1) is 0 Å². The molecular weight excluding hydrogens is 686 g/mol. The van der Waals surface area contributed by atoms with E-state index in [1.165, 1.54) is 4.90 Å². The lowest BCUT2D eigenvalue weighted by molar-refractivity contribution is -0.253. The average Bonchev–Trinajstić information content (AvgIpc) is 3.75. The Labute approximate surface area is 315 Å². The smallest absolute Gasteiger partial charge is 0.408 e. The van der Waals surface area contributed by atoms with Crippen LogP contribution in [0.5, 0.6) is 0 Å². The minimum Gasteiger partial charge on any atom is -0.445 e. The molecule has 2 N–H and O–H groups in total. The van der Waals surface area contributed by atoms with E-state index in [-0.39, 0.29) is 44.3 Å². The first-order valence-corrected chi connectivity index (χ1v) is 18.6. The summed E-state index contributed by atoms with van der Waals surface area (Å²) in [5.74, 6) is -0.811. The molecule has 4 aromatic rings. The summed E-state index contributed by atoms with van der Waals surface area (Å²) in [6.45, 7) is 2.66. The van der Waals surface area contributed by atoms with Crippen LogP contribution >= 0.6 is 0 Å². The van der Waals surface area contributed by atoms with Gasteiger partial charge in [-0.2, -0.15) is 0 Å². The highest BCUT2D eigenvalue weighted by Gasteiger charge is 2.40. The molecule has 3 aliphatic rings. The van der Waals surface area contributed by atoms with Crippen LogP contribution in [0.15, 0.2) is 103 Å². The van der Waals surface area contributed by atoms with Gasteiger partial charge < -0.3 is 29.4 Å². The zero-order valence-corrected chi connectivity index (χ0v) is 30.5. The van der Waals surface area contributed by atoms with E-state index in [4.69, 9.17) is 18.9 Å². The fourth-order valence-corrected chi connectivity index (χ4v) is 7.54. The first kappa shape index (κ1) is 37.4. The van der Waals surface area contributed by atoms with Crippen molar-refractivity contribution in [3.8, 4) is 11.1 Å². The number of alkyl carbamates (subject to hydrolysis) is 1. The normalized spacial score (nSPS) is 23.1. The largest absolute Gasteiger partial charge is 0.445 e. The number of carbonyl (C=O) groups is 3. The van der Waals surface area contributed by atoms with Crippen molar-refractivity contribution in [2.45, 2.75) is 76.0 Å². The number of hydrogen-bond donors (Lipinski definition) is 2. The Hall–Kier alpha value is -4.91. The maximum absolute atomic E-state index is 13.2. The molecule has 0 aromatic heterocycles. The Kier molecular flexibility index (Phi) is 12.1. The van der Waals surface area contributed by atoms with Crippen LogP contribution in [-0.2, 0) is 48.3 Å². The summed E-state index contributed by atoms with van der Waals surface area (Å²) in [5.41, 5.74) is 6.31. The third-order valence-electron chi connectivity index (χ3n) is 10.4. The molecule has 3 saturated heterocycles. The summed E-state index contributed by atoms with van der Waals surface area (Å²) in [5, 5.41) is 12.1. The van der Waals surface area contributed by atoms with Crippen molar-refractivity contribution in [3.63, 3.8) is 0 Å². The summed E-state index contributed by atoms with van der Waals surface area (Å²) in [7, 11) is 1.75. The van der Waals surface area contributed by atoms with Crippen molar-refractivity contribution in [3.05, 3.63) is 131 Å². The van der Waals surface area contributed by atoms with E-state index in [0.717, 1.165) is 64.9 Å². The first-order chi connectivity index (χ1) is 26.4. The molecule has 7 rings (SSSR count). The SMILES string of the molecule is COC[C@@H]1CCCN1C[C@@H]1C[C@H](c2ccc(CO)cc2)O[C@H](c2ccc(-c3cccc(CN4C(=O)CC(NC(=O)OCc5ccccc5)C4=O)c3)cc2)O1. The van der Waals surface area contributed by atoms with Crippen LogP contribution in [0.3, 0.4) is 0 Å². The number of nitrogens with one attached hydrogen (secondary N) is 1. The number of benzene rings is 4. The van der Waals surface area contributed by atoms with E-state index < -0.39 is 24.3 Å². The molecule has 5 atom stereocenters. The average molecular weight is 734 g/mol. The molecule has 0 radical (unpaired) electrons. The second kappa shape index (κ2) is 17.5. The molecule has 282 valence electrons. The van der Waals surface area contributed by atoms with Gasteiger partial charge in [-0.05, 0) is 58.8 Å². The fraction of sp³-hybridized carbons (Fsp3) is 0.372. The molecule has 4 aromatic carbocycles. The van der Waals surface area contributed by atoms with Crippen LogP contribution in [0, 0.1) is 0 Å². The molecule has 3 heterocycles. The van der Waals surface area contributed by atoms with Crippen LogP contribution in [-0.4, -0.2) is 77.8 Å². The molecule has 0 spiro atoms. The van der Waals surface area contributed by atoms with Crippen molar-refractivity contribution in [2.24, 2.45) is 0 Å². The van der Waals surface area contributed by atoms with E-state index in [2.05, 4.69) is 10.2 Å². The van der Waals surface area contributed by atoms with Gasteiger partial charge in [-0.3, -0.25) is 19.4 Å². The van der Waals surface area contributed by atoms with Crippen LogP contribution in [0.1, 0.15) is 65.9 Å². The Bertz CT molecular complexity index is 1890. The summed E-state index contributed by atoms with van der Waals surface area (Å²) < 4.78 is 24.0. The predicted octanol–water partition coefficient (Wildman–Crippen LogP) is 6.06. The number of nitrogens with zero attached hydrogens (tertiary/aromatic N) is 2. The van der Waals surface area contributed by atoms with Crippen molar-refractivity contribution < 1.29 is 38.4 Å². The molecule has 54 heavy (non-hydrogen) atoms. The second-order valence-electron chi connectivity index (χ2n) is 14.2. The predicted molar refractivity (Wildman–Crippen MR) is 200 cm³/mol. The standard InChI is InChI=1S/C43H47N3O8/c1-51-28-36-11-6-20-45(36)25-37-22-39(33-14-12-29(26-47)13-15-33)54-42(53-37)34-18-16-32(17-19-34)35-10-5-9-31(21-35)24-46-40(48)23-38(41(46)49)44-43(50)52-27-30-7-3-2-4-8-30/h2-5,7-10,12-19,21,36-39,42,47H,6,11,20,22-28H2,1H3,(H,44,50)/t36-,37-,38?,39+,42+/m0/s1. The number of amides is 3. The quantitative estimate of drug-likeness (QED) is 0.158. The minimum absolute atomic E-state index is 0.00830. The zero-order chi connectivity index (χ0) is 37.4. The van der Waals surface area contributed by atoms with Gasteiger partial charge >= 0.3 is 6.09 Å². The molecule has 3 amide bonds. The van der Waals surface area contributed by atoms with Crippen molar-refractivity contribution in [2.75, 3.05) is 26.8 Å². The van der Waals surface area contributed by atoms with Gasteiger partial charge in [-0.1, -0.05) is 97.1 Å². The molecule has 0 bridgehead atoms. The molecule has 0 aliphatic carbocycles. The molecular formula is C43H47N3O8. The number of hydrogen-bond acceptors (Lipinski definition) is 9. The van der Waals surface area contributed by atoms with Crippen LogP contribution < -0.4 is 5.32 Å². The lowest BCUT2D eigenvalue weighted by atomic mass is 9.98. The maximum atomic E-state index is 13.2. The van der Waals surface area contributed by atoms with Crippen LogP contribution in [0.4, 0.5) is 4.79 Å². The van der Waals surface area contributed by atoms with E-state index >= 15 is 0 Å². The zero-order valence-electron chi connectivity index (χ0n) is 30.5. The fourth-order valence-electron chi connectivity index (χ4n) is 7.54. The van der Waals surface area contributed by atoms with Crippen LogP contribution in [0.2, 0.25) is 0 Å². The number of carbonyl (C=O) groups excluding carboxylic acids is 3. The third-order valence-corrected chi connectivity index (χ3v) is 10.4. The van der Waals surface area contributed by atoms with Gasteiger partial charge in [-0.25, -0.2) is 4.79 Å². The van der Waals surface area contributed by atoms with Gasteiger partial charge in [0.2, 0.25) is 5.91 Å². The monoisotopic (exact) mass is 733 g/mol. The minimum atomic E-state index is -0.970. The second-order valence-corrected chi connectivity index (χ2v) is 14.2. The number of ether oxygens (including phenoxy) is 4. The molecule has 3 aliphatic heterocycles. The third kappa shape index (κ3) is 9.06. The van der Waals surface area contributed by atoms with Crippen LogP contribution in [0.25, 0.3) is 11.1 Å². The Morgan fingerprint density at radius 2 is 1.63 bits per heavy atom. The number of methoxy groups -OCH3 is 1. The van der Waals surface area contributed by atoms with E-state index in [0.29, 0.717) is 19.1 Å². The van der Waals surface area contributed by atoms with Gasteiger partial charge in [0, 0.05) is 31.7 Å². The Morgan fingerprint density at radius 1 is 0.870 bits per heavy atom. The van der Waals surface area contributed by atoms with E-state index in [1.807, 2.05) is 103 Å². The number of rotatable bonds is 13. The number of likely N-dealkylation sites (tertiary alicyclic amines) is 2. The van der Waals surface area contributed by atoms with Crippen molar-refractivity contribution in [1.82, 2.24) is 15.1 Å². The lowest BCUT2D eigenvalue weighted by Crippen LogP contribution is -2.42. The lowest BCUT2D eigenvalue weighted by Gasteiger charge is -2.38. The van der Waals surface area contributed by atoms with Gasteiger partial charge in [0.1, 0.15) is 12.6 Å². The van der Waals surface area contributed by atoms with E-state index in [9.17, 15) is 19.5 Å². The summed E-state index contributed by atoms with van der Waals surface area (Å²) in [6.07, 6.45) is 1.32. The summed E-state index contributed by atoms with van der Waals surface area (Å²) in [6, 6.07) is 32.4. The summed E-state index contributed by atoms with van der Waals surface area (Å²) >= 11 is 0. The van der Waals surface area contributed by atoms with Gasteiger partial charge in [0.05, 0.1) is 38.4 Å². The highest BCUT2D eigenvalue weighted by Crippen LogP contribution is 2.39. The van der Waals surface area contributed by atoms with Gasteiger partial charge in [0.25, 0.3) is 5.91 Å². The molecule has 0 saturated carbocycles. The molecule has 3 fully saturated rings. The maximum Gasteiger partial charge on any atom is 0.408 e. The molecule has 1 unspecified atom stereocenters. The van der Waals surface area contributed by atoms with E-state index in [1.54, 1.807) is 7.11 Å². The highest BCUT2D eigenvalue weighted by molar-refractivity contribution is 6.06. The number of imide groups is 1. The van der Waals surface area contributed by atoms with Gasteiger partial charge in [0.15, 0.2) is 6.29 Å². The number of aliphatic hydroxyl groups excluding tert-OH is 1. The van der Waals surface area contributed by atoms with Crippen molar-refractivity contribution in [1.29, 1.82) is 0 Å². The molecule has 11 heteroatoms. The Morgan fingerprint density at radius 3 is 2.39 bits per heavy atom. The topological polar surface area (TPSA) is 127 Å². The number of aliphatic hydroxyl groups is 1. The Balaban J connectivity index is 1.00.